The molecule has 2 N–H and O–H groups in total. The monoisotopic (exact) mass is 237 g/mol. The van der Waals surface area contributed by atoms with Crippen LogP contribution in [0, 0.1) is 0 Å². The van der Waals surface area contributed by atoms with Gasteiger partial charge in [-0.2, -0.15) is 0 Å². The zero-order valence-corrected chi connectivity index (χ0v) is 10.8. The van der Waals surface area contributed by atoms with Gasteiger partial charge >= 0.3 is 0 Å². The minimum atomic E-state index is 0.0233. The molecule has 1 aromatic carbocycles. The van der Waals surface area contributed by atoms with Crippen LogP contribution in [0.4, 0.5) is 0 Å². The highest BCUT2D eigenvalue weighted by Crippen LogP contribution is 2.17. The fraction of sp³-hybridized carbons (Fsp3) is 0.571. The molecule has 3 nitrogen and oxygen atoms in total. The summed E-state index contributed by atoms with van der Waals surface area (Å²) in [7, 11) is 0. The van der Waals surface area contributed by atoms with Crippen molar-refractivity contribution in [2.24, 2.45) is 0 Å². The van der Waals surface area contributed by atoms with Crippen molar-refractivity contribution in [3.8, 4) is 5.75 Å². The first-order valence-corrected chi connectivity index (χ1v) is 6.38. The molecule has 1 rings (SSSR count). The van der Waals surface area contributed by atoms with Gasteiger partial charge in [-0.05, 0) is 37.1 Å². The highest BCUT2D eigenvalue weighted by atomic mass is 16.5. The van der Waals surface area contributed by atoms with Gasteiger partial charge in [0.1, 0.15) is 5.75 Å². The fourth-order valence-corrected chi connectivity index (χ4v) is 1.62. The number of aliphatic hydroxyl groups excluding tert-OH is 1. The van der Waals surface area contributed by atoms with E-state index in [4.69, 9.17) is 4.74 Å². The largest absolute Gasteiger partial charge is 0.494 e. The van der Waals surface area contributed by atoms with Crippen LogP contribution in [-0.4, -0.2) is 24.9 Å². The van der Waals surface area contributed by atoms with Gasteiger partial charge in [-0.25, -0.2) is 0 Å². The van der Waals surface area contributed by atoms with Crippen molar-refractivity contribution in [2.45, 2.75) is 32.7 Å². The van der Waals surface area contributed by atoms with Crippen LogP contribution in [0.15, 0.2) is 24.3 Å². The van der Waals surface area contributed by atoms with Gasteiger partial charge in [0.05, 0.1) is 19.3 Å². The third-order valence-corrected chi connectivity index (χ3v) is 2.58. The third kappa shape index (κ3) is 4.75. The summed E-state index contributed by atoms with van der Waals surface area (Å²) >= 11 is 0. The van der Waals surface area contributed by atoms with Crippen LogP contribution in [0.3, 0.4) is 0 Å². The van der Waals surface area contributed by atoms with Crippen molar-refractivity contribution < 1.29 is 9.84 Å². The van der Waals surface area contributed by atoms with Gasteiger partial charge in [-0.15, -0.1) is 0 Å². The second kappa shape index (κ2) is 8.09. The minimum absolute atomic E-state index is 0.0233. The second-order valence-electron chi connectivity index (χ2n) is 4.11. The lowest BCUT2D eigenvalue weighted by Gasteiger charge is -2.16. The van der Waals surface area contributed by atoms with E-state index in [1.54, 1.807) is 0 Å². The SMILES string of the molecule is CCCNC(CO)c1ccc(OCCC)cc1. The van der Waals surface area contributed by atoms with Crippen molar-refractivity contribution in [2.75, 3.05) is 19.8 Å². The van der Waals surface area contributed by atoms with Gasteiger partial charge < -0.3 is 15.2 Å². The normalized spacial score (nSPS) is 12.4. The zero-order chi connectivity index (χ0) is 12.5. The quantitative estimate of drug-likeness (QED) is 0.730. The van der Waals surface area contributed by atoms with Crippen molar-refractivity contribution in [1.29, 1.82) is 0 Å². The van der Waals surface area contributed by atoms with E-state index in [2.05, 4.69) is 19.2 Å². The molecule has 1 aromatic rings. The van der Waals surface area contributed by atoms with Crippen LogP contribution in [0.25, 0.3) is 0 Å². The highest BCUT2D eigenvalue weighted by molar-refractivity contribution is 5.29. The van der Waals surface area contributed by atoms with Crippen molar-refractivity contribution in [1.82, 2.24) is 5.32 Å². The summed E-state index contributed by atoms with van der Waals surface area (Å²) in [6.07, 6.45) is 2.08. The van der Waals surface area contributed by atoms with Gasteiger partial charge in [0, 0.05) is 0 Å². The molecule has 0 saturated heterocycles. The fourth-order valence-electron chi connectivity index (χ4n) is 1.62. The lowest BCUT2D eigenvalue weighted by atomic mass is 10.1. The van der Waals surface area contributed by atoms with Crippen LogP contribution < -0.4 is 10.1 Å². The van der Waals surface area contributed by atoms with E-state index in [0.717, 1.165) is 37.3 Å². The number of nitrogens with one attached hydrogen (secondary N) is 1. The molecule has 17 heavy (non-hydrogen) atoms. The predicted octanol–water partition coefficient (Wildman–Crippen LogP) is 2.51. The molecule has 0 aliphatic heterocycles. The maximum atomic E-state index is 9.32. The van der Waals surface area contributed by atoms with Gasteiger partial charge in [-0.3, -0.25) is 0 Å². The Hall–Kier alpha value is -1.06. The molecular weight excluding hydrogens is 214 g/mol. The number of hydrogen-bond acceptors (Lipinski definition) is 3. The van der Waals surface area contributed by atoms with Gasteiger partial charge in [0.2, 0.25) is 0 Å². The Morgan fingerprint density at radius 3 is 2.41 bits per heavy atom. The lowest BCUT2D eigenvalue weighted by Crippen LogP contribution is -2.24. The van der Waals surface area contributed by atoms with E-state index in [-0.39, 0.29) is 12.6 Å². The molecule has 0 radical (unpaired) electrons. The topological polar surface area (TPSA) is 41.5 Å². The first-order chi connectivity index (χ1) is 8.31. The smallest absolute Gasteiger partial charge is 0.119 e. The Bertz CT molecular complexity index is 298. The lowest BCUT2D eigenvalue weighted by molar-refractivity contribution is 0.244. The number of hydrogen-bond donors (Lipinski definition) is 2. The average Bonchev–Trinajstić information content (AvgIpc) is 2.38. The van der Waals surface area contributed by atoms with E-state index in [0.29, 0.717) is 0 Å². The zero-order valence-electron chi connectivity index (χ0n) is 10.8. The molecule has 0 aliphatic carbocycles. The molecule has 0 saturated carbocycles. The van der Waals surface area contributed by atoms with E-state index in [1.165, 1.54) is 0 Å². The van der Waals surface area contributed by atoms with Gasteiger partial charge in [-0.1, -0.05) is 26.0 Å². The maximum absolute atomic E-state index is 9.32. The molecule has 0 aromatic heterocycles. The Labute approximate surface area is 104 Å². The van der Waals surface area contributed by atoms with Crippen LogP contribution in [0.1, 0.15) is 38.3 Å². The summed E-state index contributed by atoms with van der Waals surface area (Å²) in [6, 6.07) is 7.96. The Kier molecular flexibility index (Phi) is 6.67. The second-order valence-corrected chi connectivity index (χ2v) is 4.11. The summed E-state index contributed by atoms with van der Waals surface area (Å²) in [6.45, 7) is 5.99. The van der Waals surface area contributed by atoms with Crippen LogP contribution >= 0.6 is 0 Å². The summed E-state index contributed by atoms with van der Waals surface area (Å²) < 4.78 is 5.52. The maximum Gasteiger partial charge on any atom is 0.119 e. The van der Waals surface area contributed by atoms with E-state index in [9.17, 15) is 5.11 Å². The Morgan fingerprint density at radius 1 is 1.18 bits per heavy atom. The first kappa shape index (κ1) is 14.0. The first-order valence-electron chi connectivity index (χ1n) is 6.38. The molecule has 0 amide bonds. The molecule has 0 aliphatic rings. The standard InChI is InChI=1S/C14H23NO2/c1-3-9-15-14(11-16)12-5-7-13(8-6-12)17-10-4-2/h5-8,14-16H,3-4,9-11H2,1-2H3. The summed E-state index contributed by atoms with van der Waals surface area (Å²) in [5.74, 6) is 0.891. The number of benzene rings is 1. The third-order valence-electron chi connectivity index (χ3n) is 2.58. The van der Waals surface area contributed by atoms with Crippen LogP contribution in [0.2, 0.25) is 0 Å². The van der Waals surface area contributed by atoms with E-state index in [1.807, 2.05) is 24.3 Å². The van der Waals surface area contributed by atoms with Crippen molar-refractivity contribution in [3.05, 3.63) is 29.8 Å². The number of ether oxygens (including phenoxy) is 1. The highest BCUT2D eigenvalue weighted by Gasteiger charge is 2.08. The summed E-state index contributed by atoms with van der Waals surface area (Å²) in [4.78, 5) is 0. The minimum Gasteiger partial charge on any atom is -0.494 e. The summed E-state index contributed by atoms with van der Waals surface area (Å²) in [5, 5.41) is 12.6. The molecule has 0 spiro atoms. The van der Waals surface area contributed by atoms with Crippen LogP contribution in [-0.2, 0) is 0 Å². The molecule has 0 bridgehead atoms. The molecule has 96 valence electrons. The Balaban J connectivity index is 2.57. The van der Waals surface area contributed by atoms with Crippen molar-refractivity contribution >= 4 is 0 Å². The Morgan fingerprint density at radius 2 is 1.88 bits per heavy atom. The van der Waals surface area contributed by atoms with E-state index < -0.39 is 0 Å². The molecule has 1 atom stereocenters. The predicted molar refractivity (Wildman–Crippen MR) is 70.3 cm³/mol. The average molecular weight is 237 g/mol. The molecule has 0 heterocycles. The van der Waals surface area contributed by atoms with Crippen molar-refractivity contribution in [3.63, 3.8) is 0 Å². The van der Waals surface area contributed by atoms with Gasteiger partial charge in [0.25, 0.3) is 0 Å². The molecule has 1 unspecified atom stereocenters. The van der Waals surface area contributed by atoms with Crippen LogP contribution in [0.5, 0.6) is 5.75 Å². The molecule has 0 fully saturated rings. The van der Waals surface area contributed by atoms with E-state index >= 15 is 0 Å². The summed E-state index contributed by atoms with van der Waals surface area (Å²) in [5.41, 5.74) is 1.10. The molecule has 3 heteroatoms. The number of aliphatic hydroxyl groups is 1. The molecular formula is C14H23NO2. The number of rotatable bonds is 8. The van der Waals surface area contributed by atoms with Gasteiger partial charge in [0.15, 0.2) is 0 Å².